The lowest BCUT2D eigenvalue weighted by molar-refractivity contribution is -0.147. The fraction of sp³-hybridized carbons (Fsp3) is 0.385. The smallest absolute Gasteiger partial charge is 0.344 e. The molecule has 5 nitrogen and oxygen atoms in total. The Bertz CT molecular complexity index is 462. The zero-order valence-corrected chi connectivity index (χ0v) is 11.4. The van der Waals surface area contributed by atoms with Crippen LogP contribution in [-0.2, 0) is 14.3 Å². The average Bonchev–Trinajstić information content (AvgIpc) is 2.39. The lowest BCUT2D eigenvalue weighted by Crippen LogP contribution is -2.17. The number of carbonyl (C=O) groups excluding carboxylic acids is 2. The van der Waals surface area contributed by atoms with Crippen LogP contribution < -0.4 is 5.73 Å². The number of nitrogens with two attached hydrogens (primary N) is 1. The van der Waals surface area contributed by atoms with Crippen molar-refractivity contribution in [2.45, 2.75) is 19.8 Å². The molecule has 1 aromatic rings. The topological polar surface area (TPSA) is 78.6 Å². The van der Waals surface area contributed by atoms with Gasteiger partial charge in [0.1, 0.15) is 0 Å². The van der Waals surface area contributed by atoms with Crippen molar-refractivity contribution >= 4 is 29.2 Å². The summed E-state index contributed by atoms with van der Waals surface area (Å²) in [5, 5.41) is 0.367. The number of halogens is 1. The third-order valence-corrected chi connectivity index (χ3v) is 2.55. The predicted octanol–water partition coefficient (Wildman–Crippen LogP) is 2.42. The van der Waals surface area contributed by atoms with E-state index in [2.05, 4.69) is 0 Å². The van der Waals surface area contributed by atoms with E-state index in [1.54, 1.807) is 6.07 Å². The van der Waals surface area contributed by atoms with Crippen LogP contribution in [0.25, 0.3) is 0 Å². The van der Waals surface area contributed by atoms with Gasteiger partial charge in [0, 0.05) is 10.7 Å². The second kappa shape index (κ2) is 7.63. The summed E-state index contributed by atoms with van der Waals surface area (Å²) in [6, 6.07) is 4.45. The summed E-state index contributed by atoms with van der Waals surface area (Å²) in [5.41, 5.74) is 6.00. The fourth-order valence-corrected chi connectivity index (χ4v) is 1.45. The molecule has 0 fully saturated rings. The number of hydrogen-bond donors (Lipinski definition) is 1. The van der Waals surface area contributed by atoms with E-state index in [4.69, 9.17) is 26.8 Å². The van der Waals surface area contributed by atoms with Gasteiger partial charge in [0.15, 0.2) is 6.61 Å². The SMILES string of the molecule is CCCCOC(=O)COC(=O)c1cc(Cl)ccc1N. The number of unbranched alkanes of at least 4 members (excludes halogenated alkanes) is 1. The minimum atomic E-state index is -0.701. The van der Waals surface area contributed by atoms with Crippen molar-refractivity contribution in [1.82, 2.24) is 0 Å². The number of ether oxygens (including phenoxy) is 2. The van der Waals surface area contributed by atoms with E-state index < -0.39 is 18.5 Å². The molecule has 1 aromatic carbocycles. The minimum absolute atomic E-state index is 0.133. The van der Waals surface area contributed by atoms with Gasteiger partial charge < -0.3 is 15.2 Å². The highest BCUT2D eigenvalue weighted by Crippen LogP contribution is 2.18. The van der Waals surface area contributed by atoms with Crippen molar-refractivity contribution in [3.8, 4) is 0 Å². The summed E-state index contributed by atoms with van der Waals surface area (Å²) in [6.07, 6.45) is 1.70. The van der Waals surface area contributed by atoms with E-state index in [1.807, 2.05) is 6.92 Å². The quantitative estimate of drug-likeness (QED) is 0.493. The highest BCUT2D eigenvalue weighted by molar-refractivity contribution is 6.31. The molecule has 0 spiro atoms. The molecule has 0 amide bonds. The molecule has 0 aliphatic rings. The van der Waals surface area contributed by atoms with Crippen molar-refractivity contribution in [3.63, 3.8) is 0 Å². The third kappa shape index (κ3) is 5.18. The molecule has 2 N–H and O–H groups in total. The lowest BCUT2D eigenvalue weighted by atomic mass is 10.2. The van der Waals surface area contributed by atoms with E-state index in [-0.39, 0.29) is 11.3 Å². The lowest BCUT2D eigenvalue weighted by Gasteiger charge is -2.07. The van der Waals surface area contributed by atoms with Crippen LogP contribution in [0.4, 0.5) is 5.69 Å². The van der Waals surface area contributed by atoms with Crippen LogP contribution in [0.3, 0.4) is 0 Å². The van der Waals surface area contributed by atoms with Gasteiger partial charge in [-0.1, -0.05) is 24.9 Å². The van der Waals surface area contributed by atoms with E-state index >= 15 is 0 Å². The molecule has 19 heavy (non-hydrogen) atoms. The second-order valence-corrected chi connectivity index (χ2v) is 4.32. The van der Waals surface area contributed by atoms with Gasteiger partial charge in [-0.05, 0) is 24.6 Å². The van der Waals surface area contributed by atoms with Crippen molar-refractivity contribution in [3.05, 3.63) is 28.8 Å². The van der Waals surface area contributed by atoms with Gasteiger partial charge in [0.25, 0.3) is 0 Å². The summed E-state index contributed by atoms with van der Waals surface area (Å²) in [4.78, 5) is 22.9. The summed E-state index contributed by atoms with van der Waals surface area (Å²) in [7, 11) is 0. The number of hydrogen-bond acceptors (Lipinski definition) is 5. The predicted molar refractivity (Wildman–Crippen MR) is 72.0 cm³/mol. The molecule has 1 rings (SSSR count). The maximum atomic E-state index is 11.7. The van der Waals surface area contributed by atoms with Crippen LogP contribution in [0.5, 0.6) is 0 Å². The Morgan fingerprint density at radius 1 is 1.32 bits per heavy atom. The van der Waals surface area contributed by atoms with Gasteiger partial charge in [-0.3, -0.25) is 0 Å². The standard InChI is InChI=1S/C13H16ClNO4/c1-2-3-6-18-12(16)8-19-13(17)10-7-9(14)4-5-11(10)15/h4-5,7H,2-3,6,8,15H2,1H3. The first-order valence-electron chi connectivity index (χ1n) is 5.92. The normalized spacial score (nSPS) is 10.0. The van der Waals surface area contributed by atoms with Crippen molar-refractivity contribution < 1.29 is 19.1 Å². The largest absolute Gasteiger partial charge is 0.463 e. The van der Waals surface area contributed by atoms with E-state index in [0.717, 1.165) is 12.8 Å². The molecule has 0 radical (unpaired) electrons. The molecular formula is C13H16ClNO4. The Balaban J connectivity index is 2.47. The van der Waals surface area contributed by atoms with Crippen LogP contribution in [-0.4, -0.2) is 25.2 Å². The van der Waals surface area contributed by atoms with Crippen LogP contribution in [0.15, 0.2) is 18.2 Å². The number of esters is 2. The van der Waals surface area contributed by atoms with Crippen LogP contribution in [0.2, 0.25) is 5.02 Å². The molecule has 0 heterocycles. The number of rotatable bonds is 6. The van der Waals surface area contributed by atoms with E-state index in [1.165, 1.54) is 12.1 Å². The molecule has 6 heteroatoms. The van der Waals surface area contributed by atoms with Crippen molar-refractivity contribution in [2.75, 3.05) is 18.9 Å². The van der Waals surface area contributed by atoms with Gasteiger partial charge in [0.2, 0.25) is 0 Å². The van der Waals surface area contributed by atoms with Gasteiger partial charge >= 0.3 is 11.9 Å². The molecule has 0 saturated heterocycles. The maximum Gasteiger partial charge on any atom is 0.344 e. The first kappa shape index (κ1) is 15.3. The first-order chi connectivity index (χ1) is 9.04. The number of benzene rings is 1. The highest BCUT2D eigenvalue weighted by atomic mass is 35.5. The van der Waals surface area contributed by atoms with Crippen molar-refractivity contribution in [1.29, 1.82) is 0 Å². The molecule has 0 saturated carbocycles. The zero-order valence-electron chi connectivity index (χ0n) is 10.6. The Morgan fingerprint density at radius 2 is 2.05 bits per heavy atom. The Hall–Kier alpha value is -1.75. The van der Waals surface area contributed by atoms with Gasteiger partial charge in [0.05, 0.1) is 12.2 Å². The highest BCUT2D eigenvalue weighted by Gasteiger charge is 2.14. The second-order valence-electron chi connectivity index (χ2n) is 3.88. The molecule has 0 unspecified atom stereocenters. The van der Waals surface area contributed by atoms with Crippen molar-refractivity contribution in [2.24, 2.45) is 0 Å². The molecule has 0 aromatic heterocycles. The van der Waals surface area contributed by atoms with Gasteiger partial charge in [-0.2, -0.15) is 0 Å². The van der Waals surface area contributed by atoms with Gasteiger partial charge in [-0.25, -0.2) is 9.59 Å². The minimum Gasteiger partial charge on any atom is -0.463 e. The summed E-state index contributed by atoms with van der Waals surface area (Å²) >= 11 is 5.75. The average molecular weight is 286 g/mol. The van der Waals surface area contributed by atoms with Crippen LogP contribution in [0.1, 0.15) is 30.1 Å². The zero-order chi connectivity index (χ0) is 14.3. The molecule has 104 valence electrons. The third-order valence-electron chi connectivity index (χ3n) is 2.32. The van der Waals surface area contributed by atoms with Gasteiger partial charge in [-0.15, -0.1) is 0 Å². The monoisotopic (exact) mass is 285 g/mol. The summed E-state index contributed by atoms with van der Waals surface area (Å²) < 4.78 is 9.65. The Kier molecular flexibility index (Phi) is 6.15. The Labute approximate surface area is 116 Å². The summed E-state index contributed by atoms with van der Waals surface area (Å²) in [6.45, 7) is 1.87. The summed E-state index contributed by atoms with van der Waals surface area (Å²) in [5.74, 6) is -1.28. The van der Waals surface area contributed by atoms with E-state index in [0.29, 0.717) is 11.6 Å². The Morgan fingerprint density at radius 3 is 2.74 bits per heavy atom. The molecular weight excluding hydrogens is 270 g/mol. The van der Waals surface area contributed by atoms with E-state index in [9.17, 15) is 9.59 Å². The first-order valence-corrected chi connectivity index (χ1v) is 6.30. The number of carbonyl (C=O) groups is 2. The maximum absolute atomic E-state index is 11.7. The fourth-order valence-electron chi connectivity index (χ4n) is 1.28. The molecule has 0 bridgehead atoms. The van der Waals surface area contributed by atoms with Crippen LogP contribution >= 0.6 is 11.6 Å². The molecule has 0 aliphatic carbocycles. The number of anilines is 1. The molecule has 0 aliphatic heterocycles. The number of nitrogen functional groups attached to an aromatic ring is 1. The van der Waals surface area contributed by atoms with Crippen LogP contribution in [0, 0.1) is 0 Å². The molecule has 0 atom stereocenters.